The van der Waals surface area contributed by atoms with E-state index in [-0.39, 0.29) is 5.78 Å². The number of carbonyl (C=O) groups is 1. The topological polar surface area (TPSA) is 63.2 Å². The summed E-state index contributed by atoms with van der Waals surface area (Å²) in [5.74, 6) is 2.38. The molecular weight excluding hydrogens is 365 g/mol. The molecule has 4 aliphatic rings. The second kappa shape index (κ2) is 6.66. The van der Waals surface area contributed by atoms with E-state index in [0.29, 0.717) is 24.2 Å². The van der Waals surface area contributed by atoms with Crippen molar-refractivity contribution in [2.24, 2.45) is 29.6 Å². The van der Waals surface area contributed by atoms with Gasteiger partial charge in [0.15, 0.2) is 5.78 Å². The summed E-state index contributed by atoms with van der Waals surface area (Å²) in [7, 11) is -4.10. The lowest BCUT2D eigenvalue weighted by atomic mass is 9.51. The Hall–Kier alpha value is -1.27. The predicted molar refractivity (Wildman–Crippen MR) is 101 cm³/mol. The molecule has 4 bridgehead atoms. The number of rotatable bonds is 6. The summed E-state index contributed by atoms with van der Waals surface area (Å²) in [6.45, 7) is 3.17. The summed E-state index contributed by atoms with van der Waals surface area (Å²) in [4.78, 5) is 12.6. The molecule has 0 unspecified atom stereocenters. The highest BCUT2D eigenvalue weighted by Crippen LogP contribution is 2.57. The summed E-state index contributed by atoms with van der Waals surface area (Å²) in [5.41, 5.74) is -1.25. The molecule has 0 amide bonds. The Morgan fingerprint density at radius 1 is 1.07 bits per heavy atom. The highest BCUT2D eigenvalue weighted by atomic mass is 32.2. The molecule has 0 aromatic heterocycles. The maximum absolute atomic E-state index is 13.9. The number of nitrogens with one attached hydrogen (secondary N) is 1. The Morgan fingerprint density at radius 2 is 1.63 bits per heavy atom. The van der Waals surface area contributed by atoms with E-state index in [0.717, 1.165) is 17.9 Å². The first kappa shape index (κ1) is 19.1. The third kappa shape index (κ3) is 3.58. The minimum atomic E-state index is -4.10. The largest absolute Gasteiger partial charge is 0.298 e. The standard InChI is InChI=1S/C21H28FNO3S/c1-21(2,23-27(25,26)19-6-4-3-5-18(19)22)20(24)12-17-15-8-13-7-14(10-15)11-16(17)9-13/h3-6,13-17,23H,7-12H2,1-2H3. The molecule has 4 nitrogen and oxygen atoms in total. The number of benzene rings is 1. The summed E-state index contributed by atoms with van der Waals surface area (Å²) in [5, 5.41) is 0. The maximum Gasteiger partial charge on any atom is 0.244 e. The highest BCUT2D eigenvalue weighted by Gasteiger charge is 2.49. The van der Waals surface area contributed by atoms with Crippen molar-refractivity contribution < 1.29 is 17.6 Å². The summed E-state index contributed by atoms with van der Waals surface area (Å²) < 4.78 is 41.6. The normalized spacial score (nSPS) is 32.6. The van der Waals surface area contributed by atoms with Crippen molar-refractivity contribution in [2.45, 2.75) is 62.8 Å². The van der Waals surface area contributed by atoms with Crippen LogP contribution in [-0.4, -0.2) is 19.7 Å². The lowest BCUT2D eigenvalue weighted by molar-refractivity contribution is -0.128. The lowest BCUT2D eigenvalue weighted by Crippen LogP contribution is -2.52. The van der Waals surface area contributed by atoms with Crippen molar-refractivity contribution in [1.29, 1.82) is 0 Å². The number of carbonyl (C=O) groups excluding carboxylic acids is 1. The van der Waals surface area contributed by atoms with E-state index < -0.39 is 26.3 Å². The van der Waals surface area contributed by atoms with Crippen LogP contribution in [0.2, 0.25) is 0 Å². The molecule has 1 N–H and O–H groups in total. The molecule has 5 rings (SSSR count). The molecule has 0 aliphatic heterocycles. The second-order valence-electron chi connectivity index (χ2n) is 9.38. The molecule has 4 aliphatic carbocycles. The van der Waals surface area contributed by atoms with Crippen LogP contribution in [0.4, 0.5) is 4.39 Å². The van der Waals surface area contributed by atoms with Crippen molar-refractivity contribution in [1.82, 2.24) is 4.72 Å². The first-order chi connectivity index (χ1) is 12.7. The Balaban J connectivity index is 1.47. The minimum Gasteiger partial charge on any atom is -0.298 e. The molecule has 0 atom stereocenters. The van der Waals surface area contributed by atoms with Crippen LogP contribution in [0.5, 0.6) is 0 Å². The first-order valence-electron chi connectivity index (χ1n) is 9.97. The summed E-state index contributed by atoms with van der Waals surface area (Å²) >= 11 is 0. The number of Topliss-reactive ketones (excluding diaryl/α,β-unsaturated/α-hetero) is 1. The fourth-order valence-corrected chi connectivity index (χ4v) is 7.43. The number of sulfonamides is 1. The lowest BCUT2D eigenvalue weighted by Gasteiger charge is -2.54. The Kier molecular flexibility index (Phi) is 4.70. The maximum atomic E-state index is 13.9. The predicted octanol–water partition coefficient (Wildman–Crippen LogP) is 3.91. The van der Waals surface area contributed by atoms with Gasteiger partial charge < -0.3 is 0 Å². The van der Waals surface area contributed by atoms with E-state index in [1.165, 1.54) is 50.3 Å². The quantitative estimate of drug-likeness (QED) is 0.797. The number of hydrogen-bond acceptors (Lipinski definition) is 3. The van der Waals surface area contributed by atoms with Crippen molar-refractivity contribution >= 4 is 15.8 Å². The average molecular weight is 394 g/mol. The van der Waals surface area contributed by atoms with E-state index in [2.05, 4.69) is 4.72 Å². The average Bonchev–Trinajstić information content (AvgIpc) is 2.56. The van der Waals surface area contributed by atoms with Crippen LogP contribution in [-0.2, 0) is 14.8 Å². The molecule has 0 heterocycles. The summed E-state index contributed by atoms with van der Waals surface area (Å²) in [6, 6.07) is 5.24. The molecule has 0 radical (unpaired) electrons. The Labute approximate surface area is 161 Å². The summed E-state index contributed by atoms with van der Waals surface area (Å²) in [6.07, 6.45) is 6.69. The second-order valence-corrected chi connectivity index (χ2v) is 11.0. The number of halogens is 1. The Morgan fingerprint density at radius 3 is 2.19 bits per heavy atom. The smallest absolute Gasteiger partial charge is 0.244 e. The Bertz CT molecular complexity index is 821. The van der Waals surface area contributed by atoms with Crippen molar-refractivity contribution in [3.8, 4) is 0 Å². The first-order valence-corrected chi connectivity index (χ1v) is 11.5. The zero-order chi connectivity index (χ0) is 19.4. The molecule has 0 saturated heterocycles. The van der Waals surface area contributed by atoms with E-state index in [9.17, 15) is 17.6 Å². The van der Waals surface area contributed by atoms with Crippen LogP contribution in [0, 0.1) is 35.4 Å². The van der Waals surface area contributed by atoms with Gasteiger partial charge in [0.2, 0.25) is 10.0 Å². The van der Waals surface area contributed by atoms with Gasteiger partial charge in [0, 0.05) is 6.42 Å². The van der Waals surface area contributed by atoms with Crippen LogP contribution in [0.25, 0.3) is 0 Å². The zero-order valence-corrected chi connectivity index (χ0v) is 16.8. The molecule has 0 spiro atoms. The van der Waals surface area contributed by atoms with E-state index in [1.807, 2.05) is 0 Å². The third-order valence-electron chi connectivity index (χ3n) is 7.06. The molecule has 1 aromatic carbocycles. The van der Waals surface area contributed by atoms with Crippen molar-refractivity contribution in [2.75, 3.05) is 0 Å². The van der Waals surface area contributed by atoms with Gasteiger partial charge in [-0.25, -0.2) is 12.8 Å². The van der Waals surface area contributed by atoms with Gasteiger partial charge in [0.25, 0.3) is 0 Å². The van der Waals surface area contributed by atoms with E-state index in [4.69, 9.17) is 0 Å². The fraction of sp³-hybridized carbons (Fsp3) is 0.667. The van der Waals surface area contributed by atoms with Crippen molar-refractivity contribution in [3.63, 3.8) is 0 Å². The SMILES string of the molecule is CC(C)(NS(=O)(=O)c1ccccc1F)C(=O)CC1C2CC3CC(C2)CC1C3. The molecule has 4 fully saturated rings. The van der Waals surface area contributed by atoms with Gasteiger partial charge in [-0.15, -0.1) is 0 Å². The zero-order valence-electron chi connectivity index (χ0n) is 15.9. The van der Waals surface area contributed by atoms with Gasteiger partial charge in [0.1, 0.15) is 10.7 Å². The van der Waals surface area contributed by atoms with Crippen LogP contribution in [0.1, 0.15) is 52.4 Å². The van der Waals surface area contributed by atoms with Gasteiger partial charge in [-0.05, 0) is 87.7 Å². The molecule has 27 heavy (non-hydrogen) atoms. The fourth-order valence-electron chi connectivity index (χ4n) is 5.95. The van der Waals surface area contributed by atoms with Crippen LogP contribution in [0.3, 0.4) is 0 Å². The monoisotopic (exact) mass is 393 g/mol. The molecule has 1 aromatic rings. The van der Waals surface area contributed by atoms with Gasteiger partial charge in [-0.1, -0.05) is 12.1 Å². The molecular formula is C21H28FNO3S. The van der Waals surface area contributed by atoms with Crippen LogP contribution >= 0.6 is 0 Å². The van der Waals surface area contributed by atoms with Gasteiger partial charge in [0.05, 0.1) is 5.54 Å². The van der Waals surface area contributed by atoms with E-state index >= 15 is 0 Å². The van der Waals surface area contributed by atoms with Gasteiger partial charge >= 0.3 is 0 Å². The number of ketones is 1. The molecule has 148 valence electrons. The van der Waals surface area contributed by atoms with Gasteiger partial charge in [-0.2, -0.15) is 4.72 Å². The van der Waals surface area contributed by atoms with Gasteiger partial charge in [-0.3, -0.25) is 4.79 Å². The van der Waals surface area contributed by atoms with Crippen molar-refractivity contribution in [3.05, 3.63) is 30.1 Å². The van der Waals surface area contributed by atoms with E-state index in [1.54, 1.807) is 13.8 Å². The van der Waals surface area contributed by atoms with Crippen LogP contribution in [0.15, 0.2) is 29.2 Å². The third-order valence-corrected chi connectivity index (χ3v) is 8.75. The van der Waals surface area contributed by atoms with Crippen LogP contribution < -0.4 is 4.72 Å². The number of hydrogen-bond donors (Lipinski definition) is 1. The highest BCUT2D eigenvalue weighted by molar-refractivity contribution is 7.89. The molecule has 6 heteroatoms. The molecule has 4 saturated carbocycles. The minimum absolute atomic E-state index is 0.0973.